The van der Waals surface area contributed by atoms with Gasteiger partial charge in [-0.2, -0.15) is 0 Å². The fourth-order valence-electron chi connectivity index (χ4n) is 2.73. The van der Waals surface area contributed by atoms with Crippen molar-refractivity contribution in [3.8, 4) is 22.4 Å². The van der Waals surface area contributed by atoms with Crippen LogP contribution in [-0.4, -0.2) is 4.98 Å². The van der Waals surface area contributed by atoms with Gasteiger partial charge in [-0.25, -0.2) is 4.39 Å². The molecule has 1 nitrogen and oxygen atoms in total. The zero-order valence-corrected chi connectivity index (χ0v) is 11.9. The molecule has 0 saturated heterocycles. The minimum atomic E-state index is -0.211. The molecule has 0 spiro atoms. The van der Waals surface area contributed by atoms with Crippen LogP contribution in [0, 0.1) is 5.82 Å². The molecule has 0 aliphatic rings. The summed E-state index contributed by atoms with van der Waals surface area (Å²) in [5.74, 6) is -0.211. The maximum atomic E-state index is 13.3. The molecule has 3 aromatic carbocycles. The normalized spacial score (nSPS) is 11.0. The Balaban J connectivity index is 1.73. The number of nitrogens with one attached hydrogen (secondary N) is 1. The van der Waals surface area contributed by atoms with E-state index >= 15 is 0 Å². The minimum Gasteiger partial charge on any atom is -0.355 e. The van der Waals surface area contributed by atoms with Gasteiger partial charge in [0.2, 0.25) is 0 Å². The summed E-state index contributed by atoms with van der Waals surface area (Å²) in [5.41, 5.74) is 5.43. The highest BCUT2D eigenvalue weighted by molar-refractivity contribution is 5.86. The molecule has 0 aliphatic heterocycles. The summed E-state index contributed by atoms with van der Waals surface area (Å²) in [6, 6.07) is 25.4. The van der Waals surface area contributed by atoms with Crippen molar-refractivity contribution in [1.82, 2.24) is 4.98 Å². The van der Waals surface area contributed by atoms with Crippen LogP contribution in [-0.2, 0) is 0 Å². The van der Waals surface area contributed by atoms with Crippen molar-refractivity contribution in [2.45, 2.75) is 0 Å². The van der Waals surface area contributed by atoms with E-state index in [9.17, 15) is 4.39 Å². The van der Waals surface area contributed by atoms with Crippen LogP contribution in [0.25, 0.3) is 33.3 Å². The van der Waals surface area contributed by atoms with Crippen molar-refractivity contribution in [3.05, 3.63) is 84.7 Å². The number of aromatic nitrogens is 1. The Morgan fingerprint density at radius 2 is 1.32 bits per heavy atom. The van der Waals surface area contributed by atoms with Gasteiger partial charge >= 0.3 is 0 Å². The van der Waals surface area contributed by atoms with E-state index in [1.807, 2.05) is 24.3 Å². The lowest BCUT2D eigenvalue weighted by Gasteiger charge is -2.03. The molecule has 0 amide bonds. The molecule has 0 radical (unpaired) electrons. The van der Waals surface area contributed by atoms with Gasteiger partial charge in [0.05, 0.1) is 0 Å². The molecular weight excluding hydrogens is 273 g/mol. The van der Waals surface area contributed by atoms with Gasteiger partial charge in [-0.1, -0.05) is 54.6 Å². The lowest BCUT2D eigenvalue weighted by Crippen LogP contribution is -1.79. The van der Waals surface area contributed by atoms with Crippen molar-refractivity contribution in [2.75, 3.05) is 0 Å². The quantitative estimate of drug-likeness (QED) is 0.491. The number of hydrogen-bond acceptors (Lipinski definition) is 0. The van der Waals surface area contributed by atoms with E-state index in [1.54, 1.807) is 12.1 Å². The first-order valence-electron chi connectivity index (χ1n) is 7.24. The summed E-state index contributed by atoms with van der Waals surface area (Å²) in [5, 5.41) is 0.891. The summed E-state index contributed by atoms with van der Waals surface area (Å²) in [6.07, 6.45) is 0. The van der Waals surface area contributed by atoms with Gasteiger partial charge in [0.15, 0.2) is 0 Å². The van der Waals surface area contributed by atoms with Gasteiger partial charge < -0.3 is 4.98 Å². The average Bonchev–Trinajstić information content (AvgIpc) is 2.99. The van der Waals surface area contributed by atoms with Crippen LogP contribution < -0.4 is 0 Å². The van der Waals surface area contributed by atoms with E-state index in [0.29, 0.717) is 0 Å². The smallest absolute Gasteiger partial charge is 0.123 e. The van der Waals surface area contributed by atoms with Crippen LogP contribution in [0.5, 0.6) is 0 Å². The molecule has 22 heavy (non-hydrogen) atoms. The van der Waals surface area contributed by atoms with Gasteiger partial charge in [0.1, 0.15) is 5.82 Å². The first kappa shape index (κ1) is 12.8. The van der Waals surface area contributed by atoms with E-state index < -0.39 is 0 Å². The molecule has 0 fully saturated rings. The third-order valence-electron chi connectivity index (χ3n) is 3.89. The third kappa shape index (κ3) is 2.29. The first-order chi connectivity index (χ1) is 10.8. The van der Waals surface area contributed by atoms with Crippen LogP contribution in [0.3, 0.4) is 0 Å². The SMILES string of the molecule is Fc1ccc2[nH]c(-c3ccc(-c4ccccc4)cc3)cc2c1. The van der Waals surface area contributed by atoms with E-state index in [-0.39, 0.29) is 5.82 Å². The van der Waals surface area contributed by atoms with Crippen LogP contribution in [0.4, 0.5) is 4.39 Å². The zero-order chi connectivity index (χ0) is 14.9. The van der Waals surface area contributed by atoms with Gasteiger partial charge in [-0.05, 0) is 41.0 Å². The van der Waals surface area contributed by atoms with Gasteiger partial charge in [0, 0.05) is 16.6 Å². The maximum Gasteiger partial charge on any atom is 0.123 e. The fraction of sp³-hybridized carbons (Fsp3) is 0. The predicted octanol–water partition coefficient (Wildman–Crippen LogP) is 5.64. The largest absolute Gasteiger partial charge is 0.355 e. The molecule has 4 rings (SSSR count). The van der Waals surface area contributed by atoms with Crippen LogP contribution in [0.1, 0.15) is 0 Å². The molecule has 0 bridgehead atoms. The number of hydrogen-bond donors (Lipinski definition) is 1. The molecule has 4 aromatic rings. The lowest BCUT2D eigenvalue weighted by molar-refractivity contribution is 0.630. The summed E-state index contributed by atoms with van der Waals surface area (Å²) in [4.78, 5) is 3.33. The van der Waals surface area contributed by atoms with Gasteiger partial charge in [-0.15, -0.1) is 0 Å². The molecule has 0 saturated carbocycles. The Bertz CT molecular complexity index is 921. The molecule has 1 heterocycles. The van der Waals surface area contributed by atoms with Crippen molar-refractivity contribution in [3.63, 3.8) is 0 Å². The summed E-state index contributed by atoms with van der Waals surface area (Å²) < 4.78 is 13.3. The van der Waals surface area contributed by atoms with Crippen molar-refractivity contribution >= 4 is 10.9 Å². The van der Waals surface area contributed by atoms with Crippen LogP contribution in [0.2, 0.25) is 0 Å². The minimum absolute atomic E-state index is 0.211. The van der Waals surface area contributed by atoms with Gasteiger partial charge in [-0.3, -0.25) is 0 Å². The molecule has 2 heteroatoms. The predicted molar refractivity (Wildman–Crippen MR) is 89.1 cm³/mol. The number of rotatable bonds is 2. The monoisotopic (exact) mass is 287 g/mol. The molecule has 106 valence electrons. The Labute approximate surface area is 128 Å². The van der Waals surface area contributed by atoms with Crippen molar-refractivity contribution in [1.29, 1.82) is 0 Å². The van der Waals surface area contributed by atoms with E-state index in [2.05, 4.69) is 41.4 Å². The second-order valence-electron chi connectivity index (χ2n) is 5.36. The van der Waals surface area contributed by atoms with Crippen molar-refractivity contribution < 1.29 is 4.39 Å². The number of fused-ring (bicyclic) bond motifs is 1. The Morgan fingerprint density at radius 3 is 2.09 bits per heavy atom. The first-order valence-corrected chi connectivity index (χ1v) is 7.24. The molecular formula is C20H14FN. The average molecular weight is 287 g/mol. The second-order valence-corrected chi connectivity index (χ2v) is 5.36. The van der Waals surface area contributed by atoms with E-state index in [0.717, 1.165) is 22.2 Å². The number of H-pyrrole nitrogens is 1. The van der Waals surface area contributed by atoms with E-state index in [4.69, 9.17) is 0 Å². The Morgan fingerprint density at radius 1 is 0.636 bits per heavy atom. The van der Waals surface area contributed by atoms with Crippen molar-refractivity contribution in [2.24, 2.45) is 0 Å². The highest BCUT2D eigenvalue weighted by atomic mass is 19.1. The highest BCUT2D eigenvalue weighted by Gasteiger charge is 2.05. The van der Waals surface area contributed by atoms with Crippen LogP contribution >= 0.6 is 0 Å². The summed E-state index contributed by atoms with van der Waals surface area (Å²) in [7, 11) is 0. The number of halogens is 1. The number of aromatic amines is 1. The highest BCUT2D eigenvalue weighted by Crippen LogP contribution is 2.27. The molecule has 0 aliphatic carbocycles. The zero-order valence-electron chi connectivity index (χ0n) is 11.9. The number of benzene rings is 3. The molecule has 0 unspecified atom stereocenters. The maximum absolute atomic E-state index is 13.3. The molecule has 1 N–H and O–H groups in total. The summed E-state index contributed by atoms with van der Waals surface area (Å²) in [6.45, 7) is 0. The van der Waals surface area contributed by atoms with Gasteiger partial charge in [0.25, 0.3) is 0 Å². The standard InChI is InChI=1S/C20H14FN/c21-18-10-11-19-17(12-18)13-20(22-19)16-8-6-15(7-9-16)14-4-2-1-3-5-14/h1-13,22H. The topological polar surface area (TPSA) is 15.8 Å². The molecule has 0 atom stereocenters. The Kier molecular flexibility index (Phi) is 3.01. The summed E-state index contributed by atoms with van der Waals surface area (Å²) >= 11 is 0. The van der Waals surface area contributed by atoms with Crippen LogP contribution in [0.15, 0.2) is 78.9 Å². The molecule has 1 aromatic heterocycles. The Hall–Kier alpha value is -2.87. The van der Waals surface area contributed by atoms with E-state index in [1.165, 1.54) is 17.2 Å². The lowest BCUT2D eigenvalue weighted by atomic mass is 10.0. The third-order valence-corrected chi connectivity index (χ3v) is 3.89. The fourth-order valence-corrected chi connectivity index (χ4v) is 2.73. The second kappa shape index (κ2) is 5.15.